The molecule has 114 valence electrons. The second-order valence-electron chi connectivity index (χ2n) is 5.30. The van der Waals surface area contributed by atoms with Gasteiger partial charge in [0.2, 0.25) is 5.91 Å². The number of rotatable bonds is 5. The van der Waals surface area contributed by atoms with Crippen molar-refractivity contribution in [2.24, 2.45) is 5.92 Å². The van der Waals surface area contributed by atoms with Gasteiger partial charge in [-0.3, -0.25) is 9.59 Å². The topological polar surface area (TPSA) is 78.9 Å². The van der Waals surface area contributed by atoms with Gasteiger partial charge < -0.3 is 20.1 Å². The van der Waals surface area contributed by atoms with Crippen molar-refractivity contribution in [3.8, 4) is 0 Å². The van der Waals surface area contributed by atoms with Crippen LogP contribution in [0, 0.1) is 5.92 Å². The lowest BCUT2D eigenvalue weighted by molar-refractivity contribution is -0.148. The maximum Gasteiger partial charge on any atom is 0.309 e. The van der Waals surface area contributed by atoms with Crippen molar-refractivity contribution in [1.29, 1.82) is 0 Å². The normalized spacial score (nSPS) is 21.0. The number of nitrogens with zero attached hydrogens (tertiary/aromatic N) is 1. The summed E-state index contributed by atoms with van der Waals surface area (Å²) in [5.74, 6) is -2.10. The summed E-state index contributed by atoms with van der Waals surface area (Å²) in [6.45, 7) is 0.672. The zero-order valence-electron chi connectivity index (χ0n) is 12.2. The lowest BCUT2D eigenvalue weighted by Crippen LogP contribution is -2.40. The first-order valence-electron chi connectivity index (χ1n) is 6.87. The third-order valence-electron chi connectivity index (χ3n) is 3.59. The first-order chi connectivity index (χ1) is 9.99. The molecule has 0 radical (unpaired) electrons. The Hall–Kier alpha value is -2.08. The summed E-state index contributed by atoms with van der Waals surface area (Å²) in [4.78, 5) is 25.0. The van der Waals surface area contributed by atoms with Gasteiger partial charge in [0.15, 0.2) is 0 Å². The van der Waals surface area contributed by atoms with E-state index in [2.05, 4.69) is 5.32 Å². The highest BCUT2D eigenvalue weighted by molar-refractivity contribution is 5.87. The Bertz CT molecular complexity index is 513. The highest BCUT2D eigenvalue weighted by Crippen LogP contribution is 2.21. The minimum atomic E-state index is -0.983. The third kappa shape index (κ3) is 3.72. The van der Waals surface area contributed by atoms with Crippen molar-refractivity contribution >= 4 is 17.6 Å². The quantitative estimate of drug-likeness (QED) is 0.841. The fraction of sp³-hybridized carbons (Fsp3) is 0.467. The van der Waals surface area contributed by atoms with Crippen LogP contribution in [-0.4, -0.2) is 43.8 Å². The number of carboxylic acid groups (broad SMARTS) is 1. The van der Waals surface area contributed by atoms with Gasteiger partial charge in [0.25, 0.3) is 0 Å². The fourth-order valence-electron chi connectivity index (χ4n) is 2.30. The van der Waals surface area contributed by atoms with Gasteiger partial charge in [-0.15, -0.1) is 0 Å². The highest BCUT2D eigenvalue weighted by Gasteiger charge is 2.38. The number of hydrogen-bond donors (Lipinski definition) is 2. The van der Waals surface area contributed by atoms with E-state index >= 15 is 0 Å². The van der Waals surface area contributed by atoms with Gasteiger partial charge in [-0.05, 0) is 24.1 Å². The Morgan fingerprint density at radius 2 is 2.00 bits per heavy atom. The fourth-order valence-corrected chi connectivity index (χ4v) is 2.30. The van der Waals surface area contributed by atoms with E-state index in [-0.39, 0.29) is 5.91 Å². The molecule has 2 rings (SSSR count). The number of carbonyl (C=O) groups is 2. The van der Waals surface area contributed by atoms with E-state index in [9.17, 15) is 9.59 Å². The molecule has 0 aromatic heterocycles. The zero-order valence-corrected chi connectivity index (χ0v) is 12.2. The van der Waals surface area contributed by atoms with Crippen molar-refractivity contribution in [2.45, 2.75) is 19.1 Å². The van der Waals surface area contributed by atoms with E-state index in [0.29, 0.717) is 19.6 Å². The summed E-state index contributed by atoms with van der Waals surface area (Å²) in [7, 11) is 3.92. The molecule has 1 aromatic rings. The molecule has 0 spiro atoms. The number of amides is 1. The van der Waals surface area contributed by atoms with Crippen molar-refractivity contribution in [1.82, 2.24) is 5.32 Å². The van der Waals surface area contributed by atoms with Gasteiger partial charge in [-0.25, -0.2) is 0 Å². The standard InChI is InChI=1S/C15H20N2O4/c1-17(2)11-5-3-10(4-6-11)9-16-14(18)13-12(15(19)20)7-8-21-13/h3-6,12-13H,7-9H2,1-2H3,(H,16,18)(H,19,20). The largest absolute Gasteiger partial charge is 0.481 e. The van der Waals surface area contributed by atoms with Crippen LogP contribution in [0.25, 0.3) is 0 Å². The van der Waals surface area contributed by atoms with Crippen molar-refractivity contribution in [3.05, 3.63) is 29.8 Å². The Morgan fingerprint density at radius 1 is 1.33 bits per heavy atom. The van der Waals surface area contributed by atoms with E-state index in [1.54, 1.807) is 0 Å². The predicted molar refractivity (Wildman–Crippen MR) is 78.1 cm³/mol. The number of aliphatic carboxylic acids is 1. The number of carbonyl (C=O) groups excluding carboxylic acids is 1. The van der Waals surface area contributed by atoms with Crippen LogP contribution in [0.15, 0.2) is 24.3 Å². The molecule has 0 saturated carbocycles. The van der Waals surface area contributed by atoms with Crippen LogP contribution in [0.4, 0.5) is 5.69 Å². The molecule has 6 heteroatoms. The summed E-state index contributed by atoms with van der Waals surface area (Å²) < 4.78 is 5.23. The predicted octanol–water partition coefficient (Wildman–Crippen LogP) is 0.858. The minimum absolute atomic E-state index is 0.312. The Morgan fingerprint density at radius 3 is 2.57 bits per heavy atom. The van der Waals surface area contributed by atoms with Crippen LogP contribution < -0.4 is 10.2 Å². The molecular weight excluding hydrogens is 272 g/mol. The molecule has 1 heterocycles. The number of hydrogen-bond acceptors (Lipinski definition) is 4. The van der Waals surface area contributed by atoms with E-state index in [4.69, 9.17) is 9.84 Å². The molecule has 6 nitrogen and oxygen atoms in total. The molecular formula is C15H20N2O4. The van der Waals surface area contributed by atoms with Gasteiger partial charge in [0, 0.05) is 32.9 Å². The summed E-state index contributed by atoms with van der Waals surface area (Å²) in [5.41, 5.74) is 2.04. The van der Waals surface area contributed by atoms with E-state index < -0.39 is 18.0 Å². The lowest BCUT2D eigenvalue weighted by atomic mass is 10.0. The van der Waals surface area contributed by atoms with Crippen LogP contribution in [0.1, 0.15) is 12.0 Å². The molecule has 1 fully saturated rings. The van der Waals surface area contributed by atoms with Gasteiger partial charge in [0.1, 0.15) is 6.10 Å². The third-order valence-corrected chi connectivity index (χ3v) is 3.59. The van der Waals surface area contributed by atoms with E-state index in [1.807, 2.05) is 43.3 Å². The lowest BCUT2D eigenvalue weighted by Gasteiger charge is -2.15. The molecule has 1 aliphatic rings. The van der Waals surface area contributed by atoms with Crippen LogP contribution >= 0.6 is 0 Å². The smallest absolute Gasteiger partial charge is 0.309 e. The SMILES string of the molecule is CN(C)c1ccc(CNC(=O)C2OCCC2C(=O)O)cc1. The Balaban J connectivity index is 1.90. The van der Waals surface area contributed by atoms with Crippen molar-refractivity contribution < 1.29 is 19.4 Å². The van der Waals surface area contributed by atoms with Crippen LogP contribution in [0.3, 0.4) is 0 Å². The van der Waals surface area contributed by atoms with Crippen LogP contribution in [0.5, 0.6) is 0 Å². The first-order valence-corrected chi connectivity index (χ1v) is 6.87. The van der Waals surface area contributed by atoms with Gasteiger partial charge in [0.05, 0.1) is 5.92 Å². The number of ether oxygens (including phenoxy) is 1. The summed E-state index contributed by atoms with van der Waals surface area (Å²) in [5, 5.41) is 11.8. The van der Waals surface area contributed by atoms with E-state index in [0.717, 1.165) is 11.3 Å². The summed E-state index contributed by atoms with van der Waals surface area (Å²) in [6.07, 6.45) is -0.506. The van der Waals surface area contributed by atoms with Gasteiger partial charge in [-0.2, -0.15) is 0 Å². The minimum Gasteiger partial charge on any atom is -0.481 e. The summed E-state index contributed by atoms with van der Waals surface area (Å²) in [6, 6.07) is 7.79. The molecule has 0 bridgehead atoms. The zero-order chi connectivity index (χ0) is 15.4. The second-order valence-corrected chi connectivity index (χ2v) is 5.30. The molecule has 21 heavy (non-hydrogen) atoms. The number of nitrogens with one attached hydrogen (secondary N) is 1. The second kappa shape index (κ2) is 6.58. The molecule has 0 aliphatic carbocycles. The molecule has 1 aromatic carbocycles. The summed E-state index contributed by atoms with van der Waals surface area (Å²) >= 11 is 0. The Labute approximate surface area is 123 Å². The maximum atomic E-state index is 12.0. The van der Waals surface area contributed by atoms with Crippen LogP contribution in [0.2, 0.25) is 0 Å². The first kappa shape index (κ1) is 15.3. The number of carboxylic acids is 1. The number of anilines is 1. The molecule has 1 aliphatic heterocycles. The van der Waals surface area contributed by atoms with Crippen molar-refractivity contribution in [2.75, 3.05) is 25.6 Å². The van der Waals surface area contributed by atoms with Crippen LogP contribution in [-0.2, 0) is 20.9 Å². The maximum absolute atomic E-state index is 12.0. The van der Waals surface area contributed by atoms with Crippen molar-refractivity contribution in [3.63, 3.8) is 0 Å². The molecule has 2 N–H and O–H groups in total. The number of benzene rings is 1. The monoisotopic (exact) mass is 292 g/mol. The highest BCUT2D eigenvalue weighted by atomic mass is 16.5. The molecule has 2 unspecified atom stereocenters. The molecule has 1 saturated heterocycles. The molecule has 2 atom stereocenters. The van der Waals surface area contributed by atoms with Gasteiger partial charge in [-0.1, -0.05) is 12.1 Å². The average molecular weight is 292 g/mol. The average Bonchev–Trinajstić information content (AvgIpc) is 2.95. The van der Waals surface area contributed by atoms with Gasteiger partial charge >= 0.3 is 5.97 Å². The molecule has 1 amide bonds. The van der Waals surface area contributed by atoms with E-state index in [1.165, 1.54) is 0 Å². The Kier molecular flexibility index (Phi) is 4.80.